The highest BCUT2D eigenvalue weighted by atomic mass is 16.5. The highest BCUT2D eigenvalue weighted by molar-refractivity contribution is 5.87. The van der Waals surface area contributed by atoms with Gasteiger partial charge in [0, 0.05) is 32.1 Å². The minimum atomic E-state index is 0.213. The van der Waals surface area contributed by atoms with Crippen molar-refractivity contribution in [3.8, 4) is 5.75 Å². The number of rotatable bonds is 10. The summed E-state index contributed by atoms with van der Waals surface area (Å²) in [6.07, 6.45) is 7.01. The number of ether oxygens (including phenoxy) is 1. The summed E-state index contributed by atoms with van der Waals surface area (Å²) in [6, 6.07) is 20.1. The Bertz CT molecular complexity index is 1260. The lowest BCUT2D eigenvalue weighted by Crippen LogP contribution is -2.37. The SMILES string of the molecule is O=C(CNc1ccccc1OCCc1ccccc1)C[C@@H]1CCCN(c2ncnc3[nH]ccc23)C1. The van der Waals surface area contributed by atoms with Crippen LogP contribution in [0.4, 0.5) is 11.5 Å². The van der Waals surface area contributed by atoms with Gasteiger partial charge in [0.1, 0.15) is 23.5 Å². The number of hydrogen-bond donors (Lipinski definition) is 2. The zero-order chi connectivity index (χ0) is 23.9. The number of carbonyl (C=O) groups is 1. The van der Waals surface area contributed by atoms with Crippen LogP contribution in [0.5, 0.6) is 5.75 Å². The number of nitrogens with one attached hydrogen (secondary N) is 2. The number of fused-ring (bicyclic) bond motifs is 1. The Kier molecular flexibility index (Phi) is 7.22. The number of hydrogen-bond acceptors (Lipinski definition) is 6. The molecule has 1 atom stereocenters. The minimum Gasteiger partial charge on any atom is -0.491 e. The first-order valence-electron chi connectivity index (χ1n) is 12.3. The van der Waals surface area contributed by atoms with Crippen LogP contribution in [-0.4, -0.2) is 47.0 Å². The fourth-order valence-corrected chi connectivity index (χ4v) is 4.78. The van der Waals surface area contributed by atoms with E-state index in [1.165, 1.54) is 5.56 Å². The molecule has 2 N–H and O–H groups in total. The van der Waals surface area contributed by atoms with Crippen molar-refractivity contribution in [3.63, 3.8) is 0 Å². The number of para-hydroxylation sites is 2. The number of anilines is 2. The summed E-state index contributed by atoms with van der Waals surface area (Å²) in [5, 5.41) is 4.33. The normalized spacial score (nSPS) is 15.8. The topological polar surface area (TPSA) is 83.1 Å². The van der Waals surface area contributed by atoms with Crippen LogP contribution in [-0.2, 0) is 11.2 Å². The lowest BCUT2D eigenvalue weighted by Gasteiger charge is -2.33. The van der Waals surface area contributed by atoms with Crippen LogP contribution >= 0.6 is 0 Å². The van der Waals surface area contributed by atoms with E-state index in [1.807, 2.05) is 54.7 Å². The standard InChI is InChI=1S/C28H31N5O2/c34-23(17-22-9-6-15-33(19-22)28-24-12-14-29-27(24)31-20-32-28)18-30-25-10-4-5-11-26(25)35-16-13-21-7-2-1-3-8-21/h1-5,7-8,10-12,14,20,22,30H,6,9,13,15-19H2,(H,29,31,32)/t22-/m0/s1. The summed E-state index contributed by atoms with van der Waals surface area (Å²) in [5.74, 6) is 2.26. The molecular weight excluding hydrogens is 438 g/mol. The molecule has 5 rings (SSSR count). The summed E-state index contributed by atoms with van der Waals surface area (Å²) >= 11 is 0. The molecule has 3 heterocycles. The molecule has 180 valence electrons. The van der Waals surface area contributed by atoms with E-state index < -0.39 is 0 Å². The summed E-state index contributed by atoms with van der Waals surface area (Å²) in [6.45, 7) is 2.67. The van der Waals surface area contributed by atoms with Crippen molar-refractivity contribution >= 4 is 28.3 Å². The molecule has 1 aliphatic rings. The Labute approximate surface area is 205 Å². The lowest BCUT2D eigenvalue weighted by atomic mass is 9.92. The predicted octanol–water partition coefficient (Wildman–Crippen LogP) is 4.87. The smallest absolute Gasteiger partial charge is 0.152 e. The monoisotopic (exact) mass is 469 g/mol. The molecule has 1 fully saturated rings. The van der Waals surface area contributed by atoms with Crippen LogP contribution in [0.25, 0.3) is 11.0 Å². The van der Waals surface area contributed by atoms with E-state index in [4.69, 9.17) is 4.74 Å². The Hall–Kier alpha value is -3.87. The summed E-state index contributed by atoms with van der Waals surface area (Å²) < 4.78 is 6.02. The van der Waals surface area contributed by atoms with Gasteiger partial charge < -0.3 is 19.9 Å². The van der Waals surface area contributed by atoms with Crippen LogP contribution < -0.4 is 15.0 Å². The van der Waals surface area contributed by atoms with Crippen LogP contribution in [0.2, 0.25) is 0 Å². The van der Waals surface area contributed by atoms with Crippen molar-refractivity contribution in [2.75, 3.05) is 36.5 Å². The molecule has 35 heavy (non-hydrogen) atoms. The maximum absolute atomic E-state index is 12.9. The van der Waals surface area contributed by atoms with Crippen molar-refractivity contribution < 1.29 is 9.53 Å². The minimum absolute atomic E-state index is 0.213. The highest BCUT2D eigenvalue weighted by Crippen LogP contribution is 2.29. The van der Waals surface area contributed by atoms with Crippen molar-refractivity contribution in [2.45, 2.75) is 25.7 Å². The molecule has 7 nitrogen and oxygen atoms in total. The molecular formula is C28H31N5O2. The average Bonchev–Trinajstić information content (AvgIpc) is 3.38. The molecule has 0 unspecified atom stereocenters. The van der Waals surface area contributed by atoms with Crippen LogP contribution in [0.3, 0.4) is 0 Å². The number of H-pyrrole nitrogens is 1. The van der Waals surface area contributed by atoms with E-state index in [-0.39, 0.29) is 5.78 Å². The molecule has 0 radical (unpaired) electrons. The van der Waals surface area contributed by atoms with Crippen molar-refractivity contribution in [1.82, 2.24) is 15.0 Å². The number of ketones is 1. The first kappa shape index (κ1) is 22.9. The molecule has 1 aliphatic heterocycles. The Morgan fingerprint density at radius 1 is 1.09 bits per heavy atom. The van der Waals surface area contributed by atoms with Crippen LogP contribution in [0.1, 0.15) is 24.8 Å². The van der Waals surface area contributed by atoms with Gasteiger partial charge in [-0.3, -0.25) is 4.79 Å². The molecule has 2 aromatic carbocycles. The molecule has 0 bridgehead atoms. The number of Topliss-reactive ketones (excluding diaryl/α,β-unsaturated/α-hetero) is 1. The largest absolute Gasteiger partial charge is 0.491 e. The van der Waals surface area contributed by atoms with Gasteiger partial charge in [-0.1, -0.05) is 42.5 Å². The molecule has 2 aromatic heterocycles. The highest BCUT2D eigenvalue weighted by Gasteiger charge is 2.24. The summed E-state index contributed by atoms with van der Waals surface area (Å²) in [5.41, 5.74) is 2.95. The van der Waals surface area contributed by atoms with Gasteiger partial charge >= 0.3 is 0 Å². The fraction of sp³-hybridized carbons (Fsp3) is 0.321. The third-order valence-corrected chi connectivity index (χ3v) is 6.52. The van der Waals surface area contributed by atoms with Gasteiger partial charge in [0.05, 0.1) is 24.2 Å². The first-order valence-corrected chi connectivity index (χ1v) is 12.3. The summed E-state index contributed by atoms with van der Waals surface area (Å²) in [4.78, 5) is 27.1. The van der Waals surface area contributed by atoms with E-state index in [1.54, 1.807) is 6.33 Å². The fourth-order valence-electron chi connectivity index (χ4n) is 4.78. The van der Waals surface area contributed by atoms with E-state index in [0.717, 1.165) is 60.6 Å². The number of aromatic amines is 1. The maximum Gasteiger partial charge on any atom is 0.152 e. The molecule has 4 aromatic rings. The number of carbonyl (C=O) groups excluding carboxylic acids is 1. The second-order valence-corrected chi connectivity index (χ2v) is 9.07. The van der Waals surface area contributed by atoms with Gasteiger partial charge in [0.2, 0.25) is 0 Å². The second-order valence-electron chi connectivity index (χ2n) is 9.07. The second kappa shape index (κ2) is 11.0. The number of benzene rings is 2. The molecule has 0 amide bonds. The quantitative estimate of drug-likeness (QED) is 0.345. The third-order valence-electron chi connectivity index (χ3n) is 6.52. The van der Waals surface area contributed by atoms with Gasteiger partial charge in [-0.05, 0) is 42.5 Å². The molecule has 0 spiro atoms. The van der Waals surface area contributed by atoms with E-state index in [2.05, 4.69) is 37.3 Å². The number of aromatic nitrogens is 3. The first-order chi connectivity index (χ1) is 17.3. The Balaban J connectivity index is 1.13. The zero-order valence-corrected chi connectivity index (χ0v) is 19.8. The van der Waals surface area contributed by atoms with Gasteiger partial charge in [-0.2, -0.15) is 0 Å². The maximum atomic E-state index is 12.9. The van der Waals surface area contributed by atoms with Crippen molar-refractivity contribution in [2.24, 2.45) is 5.92 Å². The van der Waals surface area contributed by atoms with Gasteiger partial charge in [-0.15, -0.1) is 0 Å². The van der Waals surface area contributed by atoms with E-state index in [0.29, 0.717) is 25.5 Å². The molecule has 7 heteroatoms. The Morgan fingerprint density at radius 3 is 2.86 bits per heavy atom. The lowest BCUT2D eigenvalue weighted by molar-refractivity contribution is -0.118. The third kappa shape index (κ3) is 5.80. The molecule has 0 aliphatic carbocycles. The number of nitrogens with zero attached hydrogens (tertiary/aromatic N) is 3. The molecule has 0 saturated carbocycles. The summed E-state index contributed by atoms with van der Waals surface area (Å²) in [7, 11) is 0. The van der Waals surface area contributed by atoms with Gasteiger partial charge in [0.25, 0.3) is 0 Å². The van der Waals surface area contributed by atoms with Crippen molar-refractivity contribution in [3.05, 3.63) is 78.8 Å². The Morgan fingerprint density at radius 2 is 1.94 bits per heavy atom. The van der Waals surface area contributed by atoms with Gasteiger partial charge in [0.15, 0.2) is 5.78 Å². The van der Waals surface area contributed by atoms with Crippen LogP contribution in [0.15, 0.2) is 73.2 Å². The van der Waals surface area contributed by atoms with Gasteiger partial charge in [-0.25, -0.2) is 9.97 Å². The van der Waals surface area contributed by atoms with E-state index >= 15 is 0 Å². The van der Waals surface area contributed by atoms with Crippen molar-refractivity contribution in [1.29, 1.82) is 0 Å². The zero-order valence-electron chi connectivity index (χ0n) is 19.8. The molecule has 1 saturated heterocycles. The number of piperidine rings is 1. The van der Waals surface area contributed by atoms with E-state index in [9.17, 15) is 4.79 Å². The average molecular weight is 470 g/mol. The van der Waals surface area contributed by atoms with Crippen LogP contribution in [0, 0.1) is 5.92 Å². The predicted molar refractivity (Wildman–Crippen MR) is 139 cm³/mol.